The van der Waals surface area contributed by atoms with E-state index in [0.717, 1.165) is 37.2 Å². The van der Waals surface area contributed by atoms with Gasteiger partial charge in [0.25, 0.3) is 6.43 Å². The topological polar surface area (TPSA) is 94.2 Å². The fourth-order valence-electron chi connectivity index (χ4n) is 5.08. The van der Waals surface area contributed by atoms with Crippen LogP contribution < -0.4 is 10.6 Å². The number of benzene rings is 1. The van der Waals surface area contributed by atoms with Crippen LogP contribution in [0.5, 0.6) is 0 Å². The van der Waals surface area contributed by atoms with Crippen molar-refractivity contribution < 1.29 is 8.78 Å². The molecule has 0 aliphatic carbocycles. The van der Waals surface area contributed by atoms with Gasteiger partial charge in [0.1, 0.15) is 17.4 Å². The first kappa shape index (κ1) is 26.5. The molecule has 0 saturated carbocycles. The van der Waals surface area contributed by atoms with Gasteiger partial charge in [-0.2, -0.15) is 5.26 Å². The summed E-state index contributed by atoms with van der Waals surface area (Å²) in [7, 11) is 0. The minimum Gasteiger partial charge on any atom is -0.382 e. The summed E-state index contributed by atoms with van der Waals surface area (Å²) in [5, 5.41) is 16.7. The highest BCUT2D eigenvalue weighted by atomic mass is 19.3. The highest BCUT2D eigenvalue weighted by molar-refractivity contribution is 5.68. The zero-order valence-electron chi connectivity index (χ0n) is 22.3. The third-order valence-electron chi connectivity index (χ3n) is 7.32. The number of fused-ring (bicyclic) bond motifs is 1. The molecule has 10 heteroatoms. The summed E-state index contributed by atoms with van der Waals surface area (Å²) in [5.41, 5.74) is 3.08. The van der Waals surface area contributed by atoms with Crippen molar-refractivity contribution in [3.05, 3.63) is 71.7 Å². The number of anilines is 2. The van der Waals surface area contributed by atoms with Gasteiger partial charge in [0, 0.05) is 37.1 Å². The summed E-state index contributed by atoms with van der Waals surface area (Å²) in [4.78, 5) is 15.6. The molecule has 1 atom stereocenters. The monoisotopic (exact) mass is 530 g/mol. The van der Waals surface area contributed by atoms with Gasteiger partial charge in [0.05, 0.1) is 35.3 Å². The van der Waals surface area contributed by atoms with E-state index >= 15 is 0 Å². The van der Waals surface area contributed by atoms with Gasteiger partial charge in [0.2, 0.25) is 5.95 Å². The maximum Gasteiger partial charge on any atom is 0.267 e. The van der Waals surface area contributed by atoms with Gasteiger partial charge < -0.3 is 15.5 Å². The normalized spacial score (nSPS) is 15.5. The third-order valence-corrected chi connectivity index (χ3v) is 7.32. The van der Waals surface area contributed by atoms with Crippen LogP contribution in [0, 0.1) is 11.3 Å². The van der Waals surface area contributed by atoms with Crippen molar-refractivity contribution in [2.24, 2.45) is 0 Å². The van der Waals surface area contributed by atoms with E-state index in [1.165, 1.54) is 28.9 Å². The lowest BCUT2D eigenvalue weighted by Gasteiger charge is -2.35. The minimum atomic E-state index is -2.67. The average molecular weight is 531 g/mol. The lowest BCUT2D eigenvalue weighted by molar-refractivity contribution is 0.152. The van der Waals surface area contributed by atoms with Gasteiger partial charge in [-0.3, -0.25) is 4.40 Å². The Kier molecular flexibility index (Phi) is 7.70. The van der Waals surface area contributed by atoms with E-state index in [-0.39, 0.29) is 22.8 Å². The van der Waals surface area contributed by atoms with Crippen LogP contribution in [-0.2, 0) is 0 Å². The van der Waals surface area contributed by atoms with Gasteiger partial charge in [0.15, 0.2) is 0 Å². The molecule has 8 nitrogen and oxygen atoms in total. The van der Waals surface area contributed by atoms with Crippen LogP contribution >= 0.6 is 0 Å². The van der Waals surface area contributed by atoms with Gasteiger partial charge in [-0.15, -0.1) is 0 Å². The molecule has 2 N–H and O–H groups in total. The number of hydrogen-bond acceptors (Lipinski definition) is 7. The van der Waals surface area contributed by atoms with Crippen molar-refractivity contribution >= 4 is 17.3 Å². The first-order valence-corrected chi connectivity index (χ1v) is 13.2. The van der Waals surface area contributed by atoms with Crippen LogP contribution in [0.4, 0.5) is 20.4 Å². The molecule has 1 aromatic carbocycles. The Morgan fingerprint density at radius 1 is 1.05 bits per heavy atom. The Labute approximate surface area is 226 Å². The van der Waals surface area contributed by atoms with Crippen LogP contribution in [-0.4, -0.2) is 49.4 Å². The van der Waals surface area contributed by atoms with Gasteiger partial charge in [-0.05, 0) is 63.4 Å². The SMILES string of the molecule is CC(C)N1CCC(Nc2cccc([C@H](C)Nc3ncc(C#N)c(-c4cnc5c(C(F)F)cccn45)n3)c2)CC1. The zero-order valence-corrected chi connectivity index (χ0v) is 22.3. The number of aromatic nitrogens is 4. The first-order valence-electron chi connectivity index (χ1n) is 13.2. The lowest BCUT2D eigenvalue weighted by Crippen LogP contribution is -2.42. The Bertz CT molecular complexity index is 1480. The zero-order chi connectivity index (χ0) is 27.5. The Hall–Kier alpha value is -4.10. The molecule has 0 unspecified atom stereocenters. The summed E-state index contributed by atoms with van der Waals surface area (Å²) in [6.45, 7) is 8.70. The molecule has 0 spiro atoms. The number of nitrogens with zero attached hydrogens (tertiary/aromatic N) is 6. The smallest absolute Gasteiger partial charge is 0.267 e. The Balaban J connectivity index is 1.34. The Morgan fingerprint density at radius 2 is 1.85 bits per heavy atom. The fourth-order valence-corrected chi connectivity index (χ4v) is 5.08. The van der Waals surface area contributed by atoms with E-state index in [9.17, 15) is 14.0 Å². The van der Waals surface area contributed by atoms with Crippen molar-refractivity contribution in [2.75, 3.05) is 23.7 Å². The highest BCUT2D eigenvalue weighted by Crippen LogP contribution is 2.29. The van der Waals surface area contributed by atoms with E-state index in [2.05, 4.69) is 62.5 Å². The van der Waals surface area contributed by atoms with Crippen molar-refractivity contribution in [2.45, 2.75) is 58.2 Å². The standard InChI is InChI=1S/C29H32F2N8/c1-18(2)38-12-9-22(10-13-38)36-23-7-4-6-20(14-23)19(3)35-29-34-16-21(15-32)26(37-29)25-17-33-28-24(27(30)31)8-5-11-39(25)28/h4-8,11,14,16-19,22,27,36H,9-10,12-13H2,1-3H3,(H,34,35,37)/t19-/m0/s1. The number of nitriles is 1. The molecule has 1 aliphatic rings. The number of likely N-dealkylation sites (tertiary alicyclic amines) is 1. The number of alkyl halides is 2. The molecule has 1 saturated heterocycles. The average Bonchev–Trinajstić information content (AvgIpc) is 3.37. The summed E-state index contributed by atoms with van der Waals surface area (Å²) in [5.74, 6) is 0.330. The predicted molar refractivity (Wildman–Crippen MR) is 148 cm³/mol. The Morgan fingerprint density at radius 3 is 2.56 bits per heavy atom. The summed E-state index contributed by atoms with van der Waals surface area (Å²) in [6, 6.07) is 14.2. The number of piperidine rings is 1. The largest absolute Gasteiger partial charge is 0.382 e. The maximum atomic E-state index is 13.5. The number of hydrogen-bond donors (Lipinski definition) is 2. The van der Waals surface area contributed by atoms with Gasteiger partial charge >= 0.3 is 0 Å². The third kappa shape index (κ3) is 5.68. The first-order chi connectivity index (χ1) is 18.8. The van der Waals surface area contributed by atoms with Crippen LogP contribution in [0.25, 0.3) is 17.0 Å². The summed E-state index contributed by atoms with van der Waals surface area (Å²) >= 11 is 0. The number of halogens is 2. The molecule has 0 radical (unpaired) electrons. The maximum absolute atomic E-state index is 13.5. The van der Waals surface area contributed by atoms with Crippen molar-refractivity contribution in [1.29, 1.82) is 5.26 Å². The van der Waals surface area contributed by atoms with Gasteiger partial charge in [-0.25, -0.2) is 23.7 Å². The van der Waals surface area contributed by atoms with Crippen molar-refractivity contribution in [1.82, 2.24) is 24.3 Å². The van der Waals surface area contributed by atoms with Crippen molar-refractivity contribution in [3.63, 3.8) is 0 Å². The second-order valence-corrected chi connectivity index (χ2v) is 10.2. The van der Waals surface area contributed by atoms with Crippen LogP contribution in [0.2, 0.25) is 0 Å². The molecule has 1 fully saturated rings. The molecule has 4 aromatic rings. The molecule has 202 valence electrons. The highest BCUT2D eigenvalue weighted by Gasteiger charge is 2.22. The van der Waals surface area contributed by atoms with Crippen molar-refractivity contribution in [3.8, 4) is 17.5 Å². The molecular weight excluding hydrogens is 498 g/mol. The molecule has 5 rings (SSSR count). The molecule has 39 heavy (non-hydrogen) atoms. The summed E-state index contributed by atoms with van der Waals surface area (Å²) in [6.07, 6.45) is 4.09. The minimum absolute atomic E-state index is 0.122. The van der Waals surface area contributed by atoms with E-state index in [4.69, 9.17) is 0 Å². The molecule has 1 aliphatic heterocycles. The number of nitrogens with one attached hydrogen (secondary N) is 2. The van der Waals surface area contributed by atoms with E-state index in [1.54, 1.807) is 6.20 Å². The van der Waals surface area contributed by atoms with Crippen LogP contribution in [0.3, 0.4) is 0 Å². The lowest BCUT2D eigenvalue weighted by atomic mass is 10.0. The van der Waals surface area contributed by atoms with E-state index in [0.29, 0.717) is 29.4 Å². The fraction of sp³-hybridized carbons (Fsp3) is 0.379. The number of rotatable bonds is 8. The quantitative estimate of drug-likeness (QED) is 0.286. The number of imidazole rings is 1. The molecule has 4 heterocycles. The van der Waals surface area contributed by atoms with E-state index < -0.39 is 6.43 Å². The second kappa shape index (κ2) is 11.3. The summed E-state index contributed by atoms with van der Waals surface area (Å²) < 4.78 is 28.5. The number of pyridine rings is 1. The second-order valence-electron chi connectivity index (χ2n) is 10.2. The van der Waals surface area contributed by atoms with Gasteiger partial charge in [-0.1, -0.05) is 12.1 Å². The predicted octanol–water partition coefficient (Wildman–Crippen LogP) is 6.06. The van der Waals surface area contributed by atoms with Crippen LogP contribution in [0.15, 0.2) is 55.0 Å². The molecule has 0 bridgehead atoms. The van der Waals surface area contributed by atoms with Crippen LogP contribution in [0.1, 0.15) is 62.8 Å². The van der Waals surface area contributed by atoms with E-state index in [1.807, 2.05) is 19.1 Å². The molecular formula is C29H32F2N8. The molecule has 0 amide bonds. The molecule has 3 aromatic heterocycles.